The number of pyridine rings is 1. The number of amides is 2. The van der Waals surface area contributed by atoms with Crippen LogP contribution in [0.2, 0.25) is 0 Å². The Morgan fingerprint density at radius 3 is 2.67 bits per heavy atom. The van der Waals surface area contributed by atoms with E-state index in [2.05, 4.69) is 15.2 Å². The van der Waals surface area contributed by atoms with E-state index in [1.807, 2.05) is 7.05 Å². The van der Waals surface area contributed by atoms with Gasteiger partial charge in [-0.3, -0.25) is 14.4 Å². The van der Waals surface area contributed by atoms with Crippen LogP contribution in [-0.2, 0) is 16.0 Å². The Bertz CT molecular complexity index is 903. The molecule has 2 aromatic rings. The second-order valence-corrected chi connectivity index (χ2v) is 6.82. The highest BCUT2D eigenvalue weighted by atomic mass is 19.1. The third-order valence-corrected chi connectivity index (χ3v) is 4.80. The summed E-state index contributed by atoms with van der Waals surface area (Å²) in [5.74, 6) is -0.798. The predicted octanol–water partition coefficient (Wildman–Crippen LogP) is 0.490. The molecule has 1 aliphatic heterocycles. The van der Waals surface area contributed by atoms with Crippen LogP contribution in [0.5, 0.6) is 0 Å². The number of hydrogen-bond acceptors (Lipinski definition) is 4. The summed E-state index contributed by atoms with van der Waals surface area (Å²) in [6, 6.07) is 5.83. The molecule has 1 saturated heterocycles. The fourth-order valence-electron chi connectivity index (χ4n) is 3.08. The number of halogens is 1. The highest BCUT2D eigenvalue weighted by molar-refractivity contribution is 5.85. The van der Waals surface area contributed by atoms with E-state index in [9.17, 15) is 18.8 Å². The van der Waals surface area contributed by atoms with Crippen molar-refractivity contribution in [1.82, 2.24) is 20.1 Å². The lowest BCUT2D eigenvalue weighted by molar-refractivity contribution is -0.134. The zero-order chi connectivity index (χ0) is 19.4. The minimum Gasteiger partial charge on any atom is -0.347 e. The summed E-state index contributed by atoms with van der Waals surface area (Å²) < 4.78 is 13.2. The Kier molecular flexibility index (Phi) is 5.85. The number of likely N-dealkylation sites (N-methyl/N-ethyl adjacent to an activating group) is 1. The molecule has 3 rings (SSSR count). The molecule has 0 radical (unpaired) electrons. The fraction of sp³-hybridized carbons (Fsp3) is 0.421. The monoisotopic (exact) mass is 374 g/mol. The van der Waals surface area contributed by atoms with Gasteiger partial charge < -0.3 is 20.1 Å². The Balaban J connectivity index is 1.51. The first-order valence-electron chi connectivity index (χ1n) is 8.97. The molecule has 7 nitrogen and oxygen atoms in total. The summed E-state index contributed by atoms with van der Waals surface area (Å²) >= 11 is 0. The molecule has 1 aliphatic rings. The molecule has 1 aromatic carbocycles. The molecule has 0 atom stereocenters. The number of piperazine rings is 1. The van der Waals surface area contributed by atoms with Gasteiger partial charge in [-0.05, 0) is 43.1 Å². The molecule has 8 heteroatoms. The number of carbonyl (C=O) groups excluding carboxylic acids is 2. The van der Waals surface area contributed by atoms with E-state index in [1.165, 1.54) is 12.1 Å². The van der Waals surface area contributed by atoms with E-state index in [4.69, 9.17) is 0 Å². The molecule has 0 saturated carbocycles. The van der Waals surface area contributed by atoms with E-state index in [0.29, 0.717) is 29.6 Å². The molecule has 27 heavy (non-hydrogen) atoms. The lowest BCUT2D eigenvalue weighted by atomic mass is 10.1. The van der Waals surface area contributed by atoms with Gasteiger partial charge >= 0.3 is 0 Å². The molecule has 1 fully saturated rings. The Hall–Kier alpha value is -2.74. The normalized spacial score (nSPS) is 15.1. The van der Waals surface area contributed by atoms with Gasteiger partial charge in [0.2, 0.25) is 11.8 Å². The quantitative estimate of drug-likeness (QED) is 0.798. The smallest absolute Gasteiger partial charge is 0.251 e. The molecule has 0 unspecified atom stereocenters. The fourth-order valence-corrected chi connectivity index (χ4v) is 3.08. The second kappa shape index (κ2) is 8.30. The zero-order valence-corrected chi connectivity index (χ0v) is 15.3. The van der Waals surface area contributed by atoms with E-state index in [-0.39, 0.29) is 36.8 Å². The molecule has 0 spiro atoms. The third-order valence-electron chi connectivity index (χ3n) is 4.80. The number of aromatic nitrogens is 1. The first-order valence-corrected chi connectivity index (χ1v) is 8.97. The SMILES string of the molecule is CN1CCN(C(=O)CNC(=O)CCc2cc3ccc(F)cc3[nH]c2=O)CC1. The molecular weight excluding hydrogens is 351 g/mol. The third kappa shape index (κ3) is 4.91. The maximum absolute atomic E-state index is 13.2. The number of nitrogens with one attached hydrogen (secondary N) is 2. The van der Waals surface area contributed by atoms with Crippen LogP contribution in [0, 0.1) is 5.82 Å². The highest BCUT2D eigenvalue weighted by Crippen LogP contribution is 2.13. The van der Waals surface area contributed by atoms with Crippen molar-refractivity contribution in [3.63, 3.8) is 0 Å². The molecule has 2 N–H and O–H groups in total. The Labute approximate surface area is 156 Å². The number of H-pyrrole nitrogens is 1. The van der Waals surface area contributed by atoms with E-state index in [1.54, 1.807) is 17.0 Å². The van der Waals surface area contributed by atoms with Crippen LogP contribution in [0.15, 0.2) is 29.1 Å². The van der Waals surface area contributed by atoms with Crippen LogP contribution in [0.4, 0.5) is 4.39 Å². The lowest BCUT2D eigenvalue weighted by Gasteiger charge is -2.32. The number of nitrogens with zero attached hydrogens (tertiary/aromatic N) is 2. The van der Waals surface area contributed by atoms with Crippen molar-refractivity contribution >= 4 is 22.7 Å². The van der Waals surface area contributed by atoms with Crippen molar-refractivity contribution in [2.24, 2.45) is 0 Å². The van der Waals surface area contributed by atoms with Crippen molar-refractivity contribution in [2.75, 3.05) is 39.8 Å². The zero-order valence-electron chi connectivity index (χ0n) is 15.3. The number of benzene rings is 1. The van der Waals surface area contributed by atoms with Crippen molar-refractivity contribution in [2.45, 2.75) is 12.8 Å². The molecule has 2 amide bonds. The summed E-state index contributed by atoms with van der Waals surface area (Å²) in [7, 11) is 2.01. The summed E-state index contributed by atoms with van der Waals surface area (Å²) in [6.07, 6.45) is 0.350. The average Bonchev–Trinajstić information content (AvgIpc) is 2.65. The van der Waals surface area contributed by atoms with Gasteiger partial charge in [-0.25, -0.2) is 4.39 Å². The number of fused-ring (bicyclic) bond motifs is 1. The number of aromatic amines is 1. The van der Waals surface area contributed by atoms with Gasteiger partial charge in [0.1, 0.15) is 5.82 Å². The number of hydrogen-bond donors (Lipinski definition) is 2. The lowest BCUT2D eigenvalue weighted by Crippen LogP contribution is -2.50. The van der Waals surface area contributed by atoms with Crippen LogP contribution in [0.1, 0.15) is 12.0 Å². The minimum absolute atomic E-state index is 0.0318. The number of carbonyl (C=O) groups is 2. The van der Waals surface area contributed by atoms with Gasteiger partial charge in [0.05, 0.1) is 12.1 Å². The predicted molar refractivity (Wildman–Crippen MR) is 99.9 cm³/mol. The van der Waals surface area contributed by atoms with Crippen LogP contribution < -0.4 is 10.9 Å². The van der Waals surface area contributed by atoms with Crippen LogP contribution in [0.3, 0.4) is 0 Å². The highest BCUT2D eigenvalue weighted by Gasteiger charge is 2.19. The maximum atomic E-state index is 13.2. The average molecular weight is 374 g/mol. The second-order valence-electron chi connectivity index (χ2n) is 6.82. The summed E-state index contributed by atoms with van der Waals surface area (Å²) in [5.41, 5.74) is 0.537. The van der Waals surface area contributed by atoms with Gasteiger partial charge in [0.25, 0.3) is 5.56 Å². The minimum atomic E-state index is -0.421. The van der Waals surface area contributed by atoms with Gasteiger partial charge in [0.15, 0.2) is 0 Å². The van der Waals surface area contributed by atoms with Gasteiger partial charge in [-0.2, -0.15) is 0 Å². The summed E-state index contributed by atoms with van der Waals surface area (Å²) in [6.45, 7) is 2.95. The van der Waals surface area contributed by atoms with Crippen LogP contribution >= 0.6 is 0 Å². The van der Waals surface area contributed by atoms with Gasteiger partial charge in [-0.15, -0.1) is 0 Å². The summed E-state index contributed by atoms with van der Waals surface area (Å²) in [5, 5.41) is 3.32. The maximum Gasteiger partial charge on any atom is 0.251 e. The topological polar surface area (TPSA) is 85.5 Å². The first-order chi connectivity index (χ1) is 12.9. The first kappa shape index (κ1) is 19.0. The van der Waals surface area contributed by atoms with Gasteiger partial charge in [-0.1, -0.05) is 0 Å². The van der Waals surface area contributed by atoms with E-state index < -0.39 is 5.82 Å². The Morgan fingerprint density at radius 1 is 1.19 bits per heavy atom. The van der Waals surface area contributed by atoms with Crippen LogP contribution in [-0.4, -0.2) is 66.4 Å². The molecule has 1 aromatic heterocycles. The van der Waals surface area contributed by atoms with Crippen molar-refractivity contribution in [3.8, 4) is 0 Å². The van der Waals surface area contributed by atoms with E-state index >= 15 is 0 Å². The summed E-state index contributed by atoms with van der Waals surface area (Å²) in [4.78, 5) is 42.7. The standard InChI is InChI=1S/C19H23FN4O3/c1-23-6-8-24(9-7-23)18(26)12-21-17(25)5-3-14-10-13-2-4-15(20)11-16(13)22-19(14)27/h2,4,10-11H,3,5-9,12H2,1H3,(H,21,25)(H,22,27). The van der Waals surface area contributed by atoms with Crippen LogP contribution in [0.25, 0.3) is 10.9 Å². The largest absolute Gasteiger partial charge is 0.347 e. The van der Waals surface area contributed by atoms with Crippen molar-refractivity contribution < 1.29 is 14.0 Å². The number of rotatable bonds is 5. The molecule has 0 aliphatic carbocycles. The molecule has 0 bridgehead atoms. The van der Waals surface area contributed by atoms with Crippen molar-refractivity contribution in [3.05, 3.63) is 46.0 Å². The molecule has 144 valence electrons. The van der Waals surface area contributed by atoms with Crippen molar-refractivity contribution in [1.29, 1.82) is 0 Å². The molecule has 2 heterocycles. The number of aryl methyl sites for hydroxylation is 1. The van der Waals surface area contributed by atoms with Gasteiger partial charge in [0, 0.05) is 38.2 Å². The van der Waals surface area contributed by atoms with E-state index in [0.717, 1.165) is 13.1 Å². The Morgan fingerprint density at radius 2 is 1.93 bits per heavy atom. The molecular formula is C19H23FN4O3.